The summed E-state index contributed by atoms with van der Waals surface area (Å²) in [5.74, 6) is -0.750. The molecule has 11 nitrogen and oxygen atoms in total. The molecule has 0 amide bonds. The minimum absolute atomic E-state index is 0.0928. The fraction of sp³-hybridized carbons (Fsp3) is 0.700. The summed E-state index contributed by atoms with van der Waals surface area (Å²) < 4.78 is 86.6. The van der Waals surface area contributed by atoms with Gasteiger partial charge in [0.2, 0.25) is 0 Å². The SMILES string of the molecule is CCCN(CCS(=O)(=O)OC)Cc1ccc(CN(CCCS(=O)(=O)O)CCS(=O)(=O)OC)cc1. The van der Waals surface area contributed by atoms with Gasteiger partial charge in [-0.1, -0.05) is 31.2 Å². The standard InChI is InChI=1S/C20H36N2O9S3/c1-4-10-21(12-15-33(26,27)30-2)17-19-6-8-20(9-7-19)18-22(11-5-14-32(23,24)25)13-16-34(28,29)31-3/h6-9H,4-5,10-18H2,1-3H3,(H,23,24,25). The lowest BCUT2D eigenvalue weighted by molar-refractivity contribution is 0.275. The highest BCUT2D eigenvalue weighted by Crippen LogP contribution is 2.12. The van der Waals surface area contributed by atoms with Crippen LogP contribution in [0.5, 0.6) is 0 Å². The van der Waals surface area contributed by atoms with Crippen molar-refractivity contribution in [3.8, 4) is 0 Å². The highest BCUT2D eigenvalue weighted by atomic mass is 32.2. The van der Waals surface area contributed by atoms with Crippen molar-refractivity contribution in [2.45, 2.75) is 32.9 Å². The van der Waals surface area contributed by atoms with Gasteiger partial charge in [-0.3, -0.25) is 22.7 Å². The molecule has 34 heavy (non-hydrogen) atoms. The van der Waals surface area contributed by atoms with E-state index < -0.39 is 36.1 Å². The van der Waals surface area contributed by atoms with Gasteiger partial charge in [0.25, 0.3) is 30.4 Å². The van der Waals surface area contributed by atoms with E-state index in [1.54, 1.807) is 4.90 Å². The predicted molar refractivity (Wildman–Crippen MR) is 130 cm³/mol. The van der Waals surface area contributed by atoms with Crippen LogP contribution in [0.15, 0.2) is 24.3 Å². The maximum Gasteiger partial charge on any atom is 0.268 e. The fourth-order valence-corrected chi connectivity index (χ4v) is 5.03. The Morgan fingerprint density at radius 3 is 1.47 bits per heavy atom. The van der Waals surface area contributed by atoms with Crippen LogP contribution in [0.2, 0.25) is 0 Å². The minimum Gasteiger partial charge on any atom is -0.298 e. The van der Waals surface area contributed by atoms with Gasteiger partial charge in [0.05, 0.1) is 31.5 Å². The van der Waals surface area contributed by atoms with Crippen LogP contribution in [0.25, 0.3) is 0 Å². The third-order valence-corrected chi connectivity index (χ3v) is 8.26. The lowest BCUT2D eigenvalue weighted by Crippen LogP contribution is -2.31. The molecule has 1 rings (SSSR count). The van der Waals surface area contributed by atoms with Crippen LogP contribution in [0.1, 0.15) is 30.9 Å². The first-order chi connectivity index (χ1) is 15.8. The molecule has 0 unspecified atom stereocenters. The second-order valence-corrected chi connectivity index (χ2v) is 13.2. The van der Waals surface area contributed by atoms with Crippen molar-refractivity contribution in [1.29, 1.82) is 0 Å². The van der Waals surface area contributed by atoms with Gasteiger partial charge < -0.3 is 0 Å². The van der Waals surface area contributed by atoms with Crippen LogP contribution >= 0.6 is 0 Å². The molecule has 0 spiro atoms. The molecule has 0 bridgehead atoms. The molecule has 198 valence electrons. The van der Waals surface area contributed by atoms with Crippen molar-refractivity contribution in [2.75, 3.05) is 57.7 Å². The first kappa shape index (κ1) is 30.9. The van der Waals surface area contributed by atoms with E-state index in [1.807, 2.05) is 36.1 Å². The largest absolute Gasteiger partial charge is 0.298 e. The lowest BCUT2D eigenvalue weighted by atomic mass is 10.1. The zero-order chi connectivity index (χ0) is 25.8. The number of benzene rings is 1. The van der Waals surface area contributed by atoms with Crippen LogP contribution in [0.3, 0.4) is 0 Å². The normalized spacial score (nSPS) is 13.1. The first-order valence-corrected chi connectivity index (χ1v) is 15.6. The Labute approximate surface area is 204 Å². The van der Waals surface area contributed by atoms with E-state index in [-0.39, 0.29) is 31.0 Å². The average Bonchev–Trinajstić information content (AvgIpc) is 2.76. The maximum absolute atomic E-state index is 11.7. The predicted octanol–water partition coefficient (Wildman–Crippen LogP) is 0.931. The highest BCUT2D eigenvalue weighted by Gasteiger charge is 2.16. The Kier molecular flexibility index (Phi) is 13.1. The summed E-state index contributed by atoms with van der Waals surface area (Å²) in [5, 5.41) is 0. The van der Waals surface area contributed by atoms with Crippen molar-refractivity contribution in [3.05, 3.63) is 35.4 Å². The van der Waals surface area contributed by atoms with Crippen molar-refractivity contribution in [1.82, 2.24) is 9.80 Å². The zero-order valence-electron chi connectivity index (χ0n) is 19.9. The number of rotatable bonds is 18. The van der Waals surface area contributed by atoms with Crippen LogP contribution < -0.4 is 0 Å². The van der Waals surface area contributed by atoms with Gasteiger partial charge in [0.15, 0.2) is 0 Å². The van der Waals surface area contributed by atoms with Gasteiger partial charge in [-0.25, -0.2) is 0 Å². The number of hydrogen-bond donors (Lipinski definition) is 1. The summed E-state index contributed by atoms with van der Waals surface area (Å²) in [7, 11) is -9.07. The summed E-state index contributed by atoms with van der Waals surface area (Å²) in [4.78, 5) is 3.82. The number of hydrogen-bond acceptors (Lipinski definition) is 10. The third kappa shape index (κ3) is 13.7. The van der Waals surface area contributed by atoms with E-state index in [0.717, 1.165) is 38.3 Å². The molecule has 1 aromatic carbocycles. The van der Waals surface area contributed by atoms with Crippen molar-refractivity contribution in [2.24, 2.45) is 0 Å². The van der Waals surface area contributed by atoms with E-state index in [0.29, 0.717) is 19.6 Å². The molecule has 1 aromatic rings. The van der Waals surface area contributed by atoms with Gasteiger partial charge in [0.1, 0.15) is 0 Å². The molecule has 0 atom stereocenters. The molecule has 1 N–H and O–H groups in total. The molecule has 14 heteroatoms. The van der Waals surface area contributed by atoms with Gasteiger partial charge in [-0.15, -0.1) is 0 Å². The Bertz CT molecular complexity index is 1040. The summed E-state index contributed by atoms with van der Waals surface area (Å²) in [5.41, 5.74) is 1.89. The van der Waals surface area contributed by atoms with Gasteiger partial charge in [0, 0.05) is 26.2 Å². The van der Waals surface area contributed by atoms with E-state index in [2.05, 4.69) is 8.37 Å². The Morgan fingerprint density at radius 1 is 0.706 bits per heavy atom. The second kappa shape index (κ2) is 14.4. The quantitative estimate of drug-likeness (QED) is 0.208. The molecule has 0 aliphatic heterocycles. The van der Waals surface area contributed by atoms with Gasteiger partial charge in [-0.05, 0) is 37.1 Å². The summed E-state index contributed by atoms with van der Waals surface area (Å²) >= 11 is 0. The Balaban J connectivity index is 2.80. The Hall–Kier alpha value is -1.13. The van der Waals surface area contributed by atoms with Crippen LogP contribution in [0.4, 0.5) is 0 Å². The van der Waals surface area contributed by atoms with Crippen LogP contribution in [-0.4, -0.2) is 97.3 Å². The van der Waals surface area contributed by atoms with Crippen LogP contribution in [0, 0.1) is 0 Å². The van der Waals surface area contributed by atoms with Crippen molar-refractivity contribution < 1.29 is 38.2 Å². The second-order valence-electron chi connectivity index (χ2n) is 7.87. The zero-order valence-corrected chi connectivity index (χ0v) is 22.4. The summed E-state index contributed by atoms with van der Waals surface area (Å²) in [6.07, 6.45) is 1.02. The van der Waals surface area contributed by atoms with Crippen LogP contribution in [-0.2, 0) is 51.8 Å². The first-order valence-electron chi connectivity index (χ1n) is 10.8. The molecule has 0 aliphatic carbocycles. The van der Waals surface area contributed by atoms with E-state index in [1.165, 1.54) is 0 Å². The maximum atomic E-state index is 11.7. The topological polar surface area (TPSA) is 148 Å². The highest BCUT2D eigenvalue weighted by molar-refractivity contribution is 7.87. The molecule has 0 saturated heterocycles. The summed E-state index contributed by atoms with van der Waals surface area (Å²) in [6.45, 7) is 4.47. The average molecular weight is 545 g/mol. The molecule has 0 aromatic heterocycles. The van der Waals surface area contributed by atoms with E-state index in [9.17, 15) is 25.3 Å². The molecule has 0 fully saturated rings. The smallest absolute Gasteiger partial charge is 0.268 e. The fourth-order valence-electron chi connectivity index (χ4n) is 3.24. The Morgan fingerprint density at radius 2 is 1.12 bits per heavy atom. The molecule has 0 heterocycles. The van der Waals surface area contributed by atoms with E-state index in [4.69, 9.17) is 4.55 Å². The molecule has 0 aliphatic rings. The molecule has 0 radical (unpaired) electrons. The lowest BCUT2D eigenvalue weighted by Gasteiger charge is -2.23. The molecule has 0 saturated carbocycles. The minimum atomic E-state index is -4.10. The molecular weight excluding hydrogens is 508 g/mol. The van der Waals surface area contributed by atoms with E-state index >= 15 is 0 Å². The van der Waals surface area contributed by atoms with Crippen molar-refractivity contribution >= 4 is 30.4 Å². The number of nitrogens with zero attached hydrogens (tertiary/aromatic N) is 2. The van der Waals surface area contributed by atoms with Gasteiger partial charge in [-0.2, -0.15) is 25.3 Å². The van der Waals surface area contributed by atoms with Crippen molar-refractivity contribution in [3.63, 3.8) is 0 Å². The third-order valence-electron chi connectivity index (χ3n) is 5.07. The van der Waals surface area contributed by atoms with Gasteiger partial charge >= 0.3 is 0 Å². The summed E-state index contributed by atoms with van der Waals surface area (Å²) in [6, 6.07) is 7.63. The monoisotopic (exact) mass is 544 g/mol. The molecular formula is C20H36N2O9S3.